The number of hydrogen-bond acceptors (Lipinski definition) is 5. The number of hydrogen-bond donors (Lipinski definition) is 1. The molecule has 1 aliphatic heterocycles. The monoisotopic (exact) mass is 420 g/mol. The van der Waals surface area contributed by atoms with Crippen LogP contribution in [0.25, 0.3) is 0 Å². The second-order valence-electron chi connectivity index (χ2n) is 6.46. The standard InChI is InChI=1S/C20H24N2O4S2/c1-16-7-8-17(15-19(16)28(24,25)22-10-12-26-13-11-22)21-20(23)9-14-27-18-5-3-2-4-6-18/h2-8,15H,9-14H2,1H3,(H,21,23). The van der Waals surface area contributed by atoms with Crippen molar-refractivity contribution in [1.29, 1.82) is 0 Å². The molecule has 150 valence electrons. The van der Waals surface area contributed by atoms with Crippen molar-refractivity contribution in [3.63, 3.8) is 0 Å². The summed E-state index contributed by atoms with van der Waals surface area (Å²) >= 11 is 1.61. The molecule has 1 saturated heterocycles. The number of sulfonamides is 1. The average Bonchev–Trinajstić information content (AvgIpc) is 2.71. The van der Waals surface area contributed by atoms with E-state index in [1.54, 1.807) is 36.9 Å². The normalized spacial score (nSPS) is 15.3. The molecule has 6 nitrogen and oxygen atoms in total. The lowest BCUT2D eigenvalue weighted by molar-refractivity contribution is -0.115. The number of carbonyl (C=O) groups excluding carboxylic acids is 1. The van der Waals surface area contributed by atoms with Crippen LogP contribution in [0.2, 0.25) is 0 Å². The minimum Gasteiger partial charge on any atom is -0.379 e. The van der Waals surface area contributed by atoms with Gasteiger partial charge in [-0.15, -0.1) is 11.8 Å². The molecule has 0 atom stereocenters. The Morgan fingerprint density at radius 2 is 1.86 bits per heavy atom. The lowest BCUT2D eigenvalue weighted by Gasteiger charge is -2.26. The van der Waals surface area contributed by atoms with Gasteiger partial charge < -0.3 is 10.1 Å². The van der Waals surface area contributed by atoms with Crippen molar-refractivity contribution in [3.8, 4) is 0 Å². The zero-order valence-electron chi connectivity index (χ0n) is 15.8. The molecule has 0 saturated carbocycles. The molecule has 2 aromatic carbocycles. The zero-order valence-corrected chi connectivity index (χ0v) is 17.4. The smallest absolute Gasteiger partial charge is 0.243 e. The fraction of sp³-hybridized carbons (Fsp3) is 0.350. The van der Waals surface area contributed by atoms with Crippen LogP contribution in [0.5, 0.6) is 0 Å². The van der Waals surface area contributed by atoms with Crippen LogP contribution in [0.4, 0.5) is 5.69 Å². The van der Waals surface area contributed by atoms with Gasteiger partial charge in [0.25, 0.3) is 0 Å². The Balaban J connectivity index is 1.63. The lowest BCUT2D eigenvalue weighted by atomic mass is 10.2. The highest BCUT2D eigenvalue weighted by atomic mass is 32.2. The van der Waals surface area contributed by atoms with E-state index >= 15 is 0 Å². The third-order valence-corrected chi connectivity index (χ3v) is 7.46. The first-order valence-corrected chi connectivity index (χ1v) is 11.6. The van der Waals surface area contributed by atoms with Gasteiger partial charge in [-0.25, -0.2) is 8.42 Å². The van der Waals surface area contributed by atoms with Gasteiger partial charge in [-0.1, -0.05) is 24.3 Å². The van der Waals surface area contributed by atoms with Gasteiger partial charge in [0.2, 0.25) is 15.9 Å². The molecule has 0 aromatic heterocycles. The highest BCUT2D eigenvalue weighted by Crippen LogP contribution is 2.25. The molecular weight excluding hydrogens is 396 g/mol. The molecule has 1 aliphatic rings. The van der Waals surface area contributed by atoms with Crippen molar-refractivity contribution in [2.75, 3.05) is 37.4 Å². The molecule has 0 radical (unpaired) electrons. The van der Waals surface area contributed by atoms with Gasteiger partial charge in [-0.2, -0.15) is 4.31 Å². The van der Waals surface area contributed by atoms with Crippen molar-refractivity contribution in [2.24, 2.45) is 0 Å². The number of amides is 1. The SMILES string of the molecule is Cc1ccc(NC(=O)CCSc2ccccc2)cc1S(=O)(=O)N1CCOCC1. The third-order valence-electron chi connectivity index (χ3n) is 4.40. The van der Waals surface area contributed by atoms with Crippen molar-refractivity contribution >= 4 is 33.4 Å². The van der Waals surface area contributed by atoms with E-state index in [4.69, 9.17) is 4.74 Å². The van der Waals surface area contributed by atoms with Gasteiger partial charge in [0, 0.05) is 35.8 Å². The summed E-state index contributed by atoms with van der Waals surface area (Å²) in [5, 5.41) is 2.81. The number of ether oxygens (including phenoxy) is 1. The molecule has 3 rings (SSSR count). The Morgan fingerprint density at radius 1 is 1.14 bits per heavy atom. The summed E-state index contributed by atoms with van der Waals surface area (Å²) in [6.07, 6.45) is 0.346. The average molecular weight is 421 g/mol. The predicted octanol–water partition coefficient (Wildman–Crippen LogP) is 3.14. The fourth-order valence-corrected chi connectivity index (χ4v) is 5.42. The maximum atomic E-state index is 12.9. The number of aryl methyl sites for hydroxylation is 1. The molecule has 0 unspecified atom stereocenters. The maximum Gasteiger partial charge on any atom is 0.243 e. The lowest BCUT2D eigenvalue weighted by Crippen LogP contribution is -2.40. The predicted molar refractivity (Wildman–Crippen MR) is 111 cm³/mol. The first kappa shape index (κ1) is 20.9. The molecule has 0 bridgehead atoms. The Morgan fingerprint density at radius 3 is 2.57 bits per heavy atom. The summed E-state index contributed by atoms with van der Waals surface area (Å²) in [4.78, 5) is 13.6. The summed E-state index contributed by atoms with van der Waals surface area (Å²) in [5.74, 6) is 0.516. The topological polar surface area (TPSA) is 75.7 Å². The van der Waals surface area contributed by atoms with E-state index in [0.29, 0.717) is 49.7 Å². The summed E-state index contributed by atoms with van der Waals surface area (Å²) < 4.78 is 32.5. The van der Waals surface area contributed by atoms with E-state index in [2.05, 4.69) is 5.32 Å². The number of rotatable bonds is 7. The Hall–Kier alpha value is -1.87. The van der Waals surface area contributed by atoms with Gasteiger partial charge in [0.15, 0.2) is 0 Å². The van der Waals surface area contributed by atoms with Gasteiger partial charge in [0.1, 0.15) is 0 Å². The van der Waals surface area contributed by atoms with E-state index in [9.17, 15) is 13.2 Å². The molecule has 2 aromatic rings. The van der Waals surface area contributed by atoms with Crippen LogP contribution in [0.1, 0.15) is 12.0 Å². The van der Waals surface area contributed by atoms with Crippen molar-refractivity contribution < 1.29 is 17.9 Å². The number of carbonyl (C=O) groups is 1. The van der Waals surface area contributed by atoms with Crippen LogP contribution in [0, 0.1) is 6.92 Å². The van der Waals surface area contributed by atoms with E-state index < -0.39 is 10.0 Å². The van der Waals surface area contributed by atoms with Crippen LogP contribution in [0.3, 0.4) is 0 Å². The summed E-state index contributed by atoms with van der Waals surface area (Å²) in [5.41, 5.74) is 1.15. The van der Waals surface area contributed by atoms with Crippen molar-refractivity contribution in [2.45, 2.75) is 23.1 Å². The van der Waals surface area contributed by atoms with Crippen LogP contribution in [0.15, 0.2) is 58.3 Å². The molecule has 0 spiro atoms. The number of nitrogens with one attached hydrogen (secondary N) is 1. The largest absolute Gasteiger partial charge is 0.379 e. The Kier molecular flexibility index (Phi) is 7.12. The second kappa shape index (κ2) is 9.56. The molecule has 1 amide bonds. The second-order valence-corrected chi connectivity index (χ2v) is 9.53. The fourth-order valence-electron chi connectivity index (χ4n) is 2.88. The van der Waals surface area contributed by atoms with Gasteiger partial charge >= 0.3 is 0 Å². The first-order chi connectivity index (χ1) is 13.5. The van der Waals surface area contributed by atoms with Crippen LogP contribution in [-0.4, -0.2) is 50.7 Å². The Bertz CT molecular complexity index is 911. The third kappa shape index (κ3) is 5.35. The van der Waals surface area contributed by atoms with Crippen LogP contribution in [-0.2, 0) is 19.6 Å². The molecule has 1 N–H and O–H groups in total. The van der Waals surface area contributed by atoms with E-state index in [0.717, 1.165) is 4.90 Å². The highest BCUT2D eigenvalue weighted by Gasteiger charge is 2.28. The highest BCUT2D eigenvalue weighted by molar-refractivity contribution is 7.99. The number of thioether (sulfide) groups is 1. The van der Waals surface area contributed by atoms with E-state index in [1.165, 1.54) is 4.31 Å². The zero-order chi connectivity index (χ0) is 20.0. The summed E-state index contributed by atoms with van der Waals surface area (Å²) in [6.45, 7) is 3.24. The van der Waals surface area contributed by atoms with Crippen LogP contribution >= 0.6 is 11.8 Å². The van der Waals surface area contributed by atoms with Gasteiger partial charge in [-0.3, -0.25) is 4.79 Å². The molecule has 8 heteroatoms. The maximum absolute atomic E-state index is 12.9. The number of anilines is 1. The van der Waals surface area contributed by atoms with Gasteiger partial charge in [0.05, 0.1) is 18.1 Å². The minimum atomic E-state index is -3.61. The van der Waals surface area contributed by atoms with Crippen molar-refractivity contribution in [1.82, 2.24) is 4.31 Å². The van der Waals surface area contributed by atoms with Crippen molar-refractivity contribution in [3.05, 3.63) is 54.1 Å². The molecule has 0 aliphatic carbocycles. The molecular formula is C20H24N2O4S2. The summed E-state index contributed by atoms with van der Waals surface area (Å²) in [7, 11) is -3.61. The van der Waals surface area contributed by atoms with E-state index in [1.807, 2.05) is 30.3 Å². The summed E-state index contributed by atoms with van der Waals surface area (Å²) in [6, 6.07) is 14.9. The first-order valence-electron chi connectivity index (χ1n) is 9.13. The number of nitrogens with zero attached hydrogens (tertiary/aromatic N) is 1. The molecule has 1 heterocycles. The van der Waals surface area contributed by atoms with E-state index in [-0.39, 0.29) is 10.8 Å². The molecule has 1 fully saturated rings. The Labute approximate surface area is 170 Å². The van der Waals surface area contributed by atoms with Gasteiger partial charge in [-0.05, 0) is 36.8 Å². The number of benzene rings is 2. The van der Waals surface area contributed by atoms with Crippen LogP contribution < -0.4 is 5.32 Å². The minimum absolute atomic E-state index is 0.137. The quantitative estimate of drug-likeness (QED) is 0.697. The number of morpholine rings is 1. The molecule has 28 heavy (non-hydrogen) atoms.